The maximum absolute atomic E-state index is 12.9. The van der Waals surface area contributed by atoms with Gasteiger partial charge in [-0.25, -0.2) is 9.69 Å². The highest BCUT2D eigenvalue weighted by Gasteiger charge is 2.25. The summed E-state index contributed by atoms with van der Waals surface area (Å²) in [4.78, 5) is 19.7. The predicted molar refractivity (Wildman–Crippen MR) is 123 cm³/mol. The Morgan fingerprint density at radius 3 is 2.39 bits per heavy atom. The highest BCUT2D eigenvalue weighted by atomic mass is 127. The van der Waals surface area contributed by atoms with Crippen molar-refractivity contribution in [1.82, 2.24) is 0 Å². The van der Waals surface area contributed by atoms with E-state index < -0.39 is 6.09 Å². The van der Waals surface area contributed by atoms with Gasteiger partial charge in [-0.3, -0.25) is 4.84 Å². The number of nitrogens with zero attached hydrogens (tertiary/aromatic N) is 2. The number of anilines is 1. The molecule has 144 valence electrons. The van der Waals surface area contributed by atoms with Crippen molar-refractivity contribution in [3.63, 3.8) is 0 Å². The van der Waals surface area contributed by atoms with Crippen molar-refractivity contribution in [2.75, 3.05) is 4.90 Å². The fourth-order valence-electron chi connectivity index (χ4n) is 2.93. The van der Waals surface area contributed by atoms with Gasteiger partial charge in [0, 0.05) is 15.2 Å². The summed E-state index contributed by atoms with van der Waals surface area (Å²) in [6, 6.07) is 17.8. The zero-order chi connectivity index (χ0) is 20.1. The first-order valence-corrected chi connectivity index (χ1v) is 10.3. The van der Waals surface area contributed by atoms with Crippen LogP contribution in [0.25, 0.3) is 6.08 Å². The molecule has 2 atom stereocenters. The molecule has 2 aromatic carbocycles. The number of hydrogen-bond donors (Lipinski definition) is 0. The lowest BCUT2D eigenvalue weighted by Crippen LogP contribution is -2.29. The zero-order valence-corrected chi connectivity index (χ0v) is 18.3. The van der Waals surface area contributed by atoms with E-state index in [1.165, 1.54) is 0 Å². The Labute approximate surface area is 179 Å². The summed E-state index contributed by atoms with van der Waals surface area (Å²) in [5.41, 5.74) is 3.36. The summed E-state index contributed by atoms with van der Waals surface area (Å²) in [7, 11) is 0. The lowest BCUT2D eigenvalue weighted by molar-refractivity contribution is 0.160. The second-order valence-electron chi connectivity index (χ2n) is 6.89. The Bertz CT molecular complexity index is 917. The number of carbonyl (C=O) groups excluding carboxylic acids is 1. The quantitative estimate of drug-likeness (QED) is 0.368. The molecule has 0 aromatic heterocycles. The second kappa shape index (κ2) is 9.19. The number of oxime groups is 1. The fraction of sp³-hybridized carbons (Fsp3) is 0.217. The maximum Gasteiger partial charge on any atom is 0.445 e. The molecular weight excluding hydrogens is 463 g/mol. The van der Waals surface area contributed by atoms with E-state index in [1.807, 2.05) is 73.7 Å². The first-order valence-electron chi connectivity index (χ1n) is 9.22. The third-order valence-corrected chi connectivity index (χ3v) is 5.64. The van der Waals surface area contributed by atoms with E-state index >= 15 is 0 Å². The van der Waals surface area contributed by atoms with Gasteiger partial charge in [-0.2, -0.15) is 0 Å². The molecule has 1 aliphatic rings. The molecule has 0 saturated carbocycles. The van der Waals surface area contributed by atoms with Gasteiger partial charge in [0.15, 0.2) is 0 Å². The van der Waals surface area contributed by atoms with Crippen molar-refractivity contribution in [3.8, 4) is 0 Å². The standard InChI is InChI=1S/C23H23IN2O2/c1-16-15-22(12-9-19-7-5-4-6-8-19)26(21-13-10-20(24)11-14-21)23(27)28-25-18(3)17(16)2/h4-17H,1-3H3/b12-9+,22-15-,25-18-/t16-,17-/m1/s1. The number of halogens is 1. The van der Waals surface area contributed by atoms with Crippen LogP contribution in [0.15, 0.2) is 77.6 Å². The summed E-state index contributed by atoms with van der Waals surface area (Å²) < 4.78 is 1.10. The lowest BCUT2D eigenvalue weighted by atomic mass is 9.91. The average Bonchev–Trinajstić information content (AvgIpc) is 2.74. The SMILES string of the molecule is C/C1=N/OC(=O)N(c2ccc(I)cc2)C(/C=C/c2ccccc2)=C\[C@@H](C)[C@H]1C. The summed E-state index contributed by atoms with van der Waals surface area (Å²) in [5.74, 6) is 0.338. The predicted octanol–water partition coefficient (Wildman–Crippen LogP) is 6.49. The highest BCUT2D eigenvalue weighted by molar-refractivity contribution is 14.1. The molecule has 5 heteroatoms. The molecule has 0 radical (unpaired) electrons. The van der Waals surface area contributed by atoms with Crippen LogP contribution < -0.4 is 4.90 Å². The summed E-state index contributed by atoms with van der Waals surface area (Å²) >= 11 is 2.25. The Morgan fingerprint density at radius 1 is 1.04 bits per heavy atom. The summed E-state index contributed by atoms with van der Waals surface area (Å²) in [6.07, 6.45) is 5.54. The van der Waals surface area contributed by atoms with Crippen LogP contribution in [-0.2, 0) is 4.84 Å². The van der Waals surface area contributed by atoms with Gasteiger partial charge in [0.1, 0.15) is 0 Å². The van der Waals surface area contributed by atoms with Crippen LogP contribution in [0.5, 0.6) is 0 Å². The van der Waals surface area contributed by atoms with Gasteiger partial charge < -0.3 is 0 Å². The van der Waals surface area contributed by atoms with Crippen molar-refractivity contribution in [1.29, 1.82) is 0 Å². The lowest BCUT2D eigenvalue weighted by Gasteiger charge is -2.23. The largest absolute Gasteiger partial charge is 0.445 e. The molecule has 0 spiro atoms. The molecule has 1 heterocycles. The first-order chi connectivity index (χ1) is 13.5. The second-order valence-corrected chi connectivity index (χ2v) is 8.13. The van der Waals surface area contributed by atoms with Crippen LogP contribution in [0.3, 0.4) is 0 Å². The van der Waals surface area contributed by atoms with Gasteiger partial charge >= 0.3 is 6.09 Å². The van der Waals surface area contributed by atoms with Crippen LogP contribution in [-0.4, -0.2) is 11.8 Å². The minimum absolute atomic E-state index is 0.157. The third kappa shape index (κ3) is 4.90. The fourth-order valence-corrected chi connectivity index (χ4v) is 3.29. The average molecular weight is 486 g/mol. The molecule has 4 nitrogen and oxygen atoms in total. The zero-order valence-electron chi connectivity index (χ0n) is 16.2. The van der Waals surface area contributed by atoms with E-state index in [-0.39, 0.29) is 11.8 Å². The first kappa shape index (κ1) is 20.3. The van der Waals surface area contributed by atoms with E-state index in [0.29, 0.717) is 0 Å². The normalized spacial score (nSPS) is 24.4. The molecule has 28 heavy (non-hydrogen) atoms. The van der Waals surface area contributed by atoms with E-state index in [0.717, 1.165) is 26.2 Å². The van der Waals surface area contributed by atoms with Crippen LogP contribution >= 0.6 is 22.6 Å². The summed E-state index contributed by atoms with van der Waals surface area (Å²) in [5, 5.41) is 4.07. The van der Waals surface area contributed by atoms with Crippen molar-refractivity contribution in [2.45, 2.75) is 20.8 Å². The van der Waals surface area contributed by atoms with Crippen molar-refractivity contribution >= 4 is 46.2 Å². The van der Waals surface area contributed by atoms with E-state index in [1.54, 1.807) is 4.90 Å². The van der Waals surface area contributed by atoms with Crippen LogP contribution in [0.4, 0.5) is 10.5 Å². The molecule has 3 rings (SSSR count). The van der Waals surface area contributed by atoms with Gasteiger partial charge in [0.05, 0.1) is 11.4 Å². The number of rotatable bonds is 3. The van der Waals surface area contributed by atoms with Crippen molar-refractivity contribution < 1.29 is 9.63 Å². The van der Waals surface area contributed by atoms with Crippen LogP contribution in [0, 0.1) is 15.4 Å². The van der Waals surface area contributed by atoms with E-state index in [9.17, 15) is 4.79 Å². The Kier molecular flexibility index (Phi) is 6.67. The Balaban J connectivity index is 2.08. The van der Waals surface area contributed by atoms with Gasteiger partial charge in [-0.05, 0) is 71.3 Å². The number of carbonyl (C=O) groups is 1. The van der Waals surface area contributed by atoms with Crippen molar-refractivity contribution in [2.24, 2.45) is 17.0 Å². The number of amides is 1. The molecule has 0 unspecified atom stereocenters. The number of hydrogen-bond acceptors (Lipinski definition) is 3. The van der Waals surface area contributed by atoms with Crippen LogP contribution in [0.2, 0.25) is 0 Å². The minimum Gasteiger partial charge on any atom is -0.297 e. The molecule has 0 N–H and O–H groups in total. The minimum atomic E-state index is -0.522. The van der Waals surface area contributed by atoms with E-state index in [4.69, 9.17) is 4.84 Å². The van der Waals surface area contributed by atoms with E-state index in [2.05, 4.69) is 47.7 Å². The molecule has 2 aromatic rings. The monoisotopic (exact) mass is 486 g/mol. The van der Waals surface area contributed by atoms with Gasteiger partial charge in [0.25, 0.3) is 0 Å². The highest BCUT2D eigenvalue weighted by Crippen LogP contribution is 2.27. The number of benzene rings is 2. The third-order valence-electron chi connectivity index (χ3n) is 4.92. The number of allylic oxidation sites excluding steroid dienone is 2. The van der Waals surface area contributed by atoms with Gasteiger partial charge in [0.2, 0.25) is 0 Å². The van der Waals surface area contributed by atoms with Gasteiger partial charge in [-0.1, -0.05) is 61.5 Å². The molecule has 1 aliphatic heterocycles. The van der Waals surface area contributed by atoms with Crippen molar-refractivity contribution in [3.05, 3.63) is 81.6 Å². The molecule has 1 amide bonds. The molecule has 0 aliphatic carbocycles. The molecule has 0 bridgehead atoms. The molecule has 0 fully saturated rings. The molecular formula is C23H23IN2O2. The van der Waals surface area contributed by atoms with Crippen LogP contribution in [0.1, 0.15) is 26.3 Å². The maximum atomic E-state index is 12.9. The topological polar surface area (TPSA) is 41.9 Å². The summed E-state index contributed by atoms with van der Waals surface area (Å²) in [6.45, 7) is 6.11. The smallest absolute Gasteiger partial charge is 0.297 e. The van der Waals surface area contributed by atoms with Gasteiger partial charge in [-0.15, -0.1) is 0 Å². The Hall–Kier alpha value is -2.41. The molecule has 0 saturated heterocycles. The Morgan fingerprint density at radius 2 is 1.71 bits per heavy atom.